The summed E-state index contributed by atoms with van der Waals surface area (Å²) in [7, 11) is 0. The van der Waals surface area contributed by atoms with Crippen molar-refractivity contribution in [2.45, 2.75) is 46.1 Å². The number of Topliss-reactive ketones (excluding diaryl/α,β-unsaturated/α-hetero) is 1. The second kappa shape index (κ2) is 7.39. The third-order valence-electron chi connectivity index (χ3n) is 2.25. The quantitative estimate of drug-likeness (QED) is 0.693. The third-order valence-corrected chi connectivity index (χ3v) is 2.25. The van der Waals surface area contributed by atoms with Gasteiger partial charge in [-0.25, -0.2) is 0 Å². The van der Waals surface area contributed by atoms with Crippen LogP contribution in [0.25, 0.3) is 0 Å². The molecule has 1 rings (SSSR count). The van der Waals surface area contributed by atoms with Crippen LogP contribution in [0.15, 0.2) is 0 Å². The molecule has 1 aliphatic heterocycles. The summed E-state index contributed by atoms with van der Waals surface area (Å²) in [6.45, 7) is 9.82. The van der Waals surface area contributed by atoms with Gasteiger partial charge in [-0.15, -0.1) is 0 Å². The molecule has 16 heavy (non-hydrogen) atoms. The first kappa shape index (κ1) is 15.1. The van der Waals surface area contributed by atoms with Crippen molar-refractivity contribution in [3.05, 3.63) is 0 Å². The van der Waals surface area contributed by atoms with E-state index in [9.17, 15) is 9.59 Å². The minimum Gasteiger partial charge on any atom is -0.462 e. The van der Waals surface area contributed by atoms with Crippen LogP contribution in [0.1, 0.15) is 40.5 Å². The van der Waals surface area contributed by atoms with Crippen LogP contribution >= 0.6 is 0 Å². The molecule has 1 fully saturated rings. The summed E-state index contributed by atoms with van der Waals surface area (Å²) in [5.74, 6) is 0.708. The highest BCUT2D eigenvalue weighted by Crippen LogP contribution is 2.07. The van der Waals surface area contributed by atoms with Gasteiger partial charge in [-0.2, -0.15) is 0 Å². The van der Waals surface area contributed by atoms with Gasteiger partial charge in [0.15, 0.2) is 0 Å². The predicted octanol–water partition coefficient (Wildman–Crippen LogP) is 1.53. The van der Waals surface area contributed by atoms with E-state index in [0.717, 1.165) is 25.9 Å². The monoisotopic (exact) mass is 229 g/mol. The van der Waals surface area contributed by atoms with Crippen molar-refractivity contribution in [3.63, 3.8) is 0 Å². The van der Waals surface area contributed by atoms with Crippen LogP contribution in [0.2, 0.25) is 0 Å². The molecule has 4 nitrogen and oxygen atoms in total. The Kier molecular flexibility index (Phi) is 6.97. The van der Waals surface area contributed by atoms with Crippen molar-refractivity contribution in [2.75, 3.05) is 13.1 Å². The van der Waals surface area contributed by atoms with Gasteiger partial charge in [0.25, 0.3) is 6.47 Å². The lowest BCUT2D eigenvalue weighted by Gasteiger charge is -2.14. The molecule has 0 aromatic carbocycles. The molecule has 0 aromatic rings. The van der Waals surface area contributed by atoms with E-state index in [1.165, 1.54) is 0 Å². The number of ether oxygens (including phenoxy) is 1. The standard InChI is InChI=1S/C7H13NO.C5H10O2/c1-6-2-4-8-5-3-7(6)9;1-5(2,3)7-4-6/h6,8H,2-5H2,1H3;4H,1-3H3. The molecular formula is C12H23NO3. The van der Waals surface area contributed by atoms with E-state index in [1.807, 2.05) is 27.7 Å². The predicted molar refractivity (Wildman–Crippen MR) is 63.2 cm³/mol. The van der Waals surface area contributed by atoms with Gasteiger partial charge in [0.2, 0.25) is 0 Å². The largest absolute Gasteiger partial charge is 0.462 e. The number of rotatable bonds is 1. The Bertz CT molecular complexity index is 221. The first-order chi connectivity index (χ1) is 7.37. The Morgan fingerprint density at radius 3 is 2.44 bits per heavy atom. The fraction of sp³-hybridized carbons (Fsp3) is 0.833. The van der Waals surface area contributed by atoms with Gasteiger partial charge in [0.1, 0.15) is 11.4 Å². The Hall–Kier alpha value is -0.900. The number of carbonyl (C=O) groups excluding carboxylic acids is 2. The number of hydrogen-bond acceptors (Lipinski definition) is 4. The van der Waals surface area contributed by atoms with Crippen molar-refractivity contribution in [1.82, 2.24) is 5.32 Å². The minimum absolute atomic E-state index is 0.292. The first-order valence-electron chi connectivity index (χ1n) is 5.71. The van der Waals surface area contributed by atoms with Gasteiger partial charge in [-0.05, 0) is 33.7 Å². The van der Waals surface area contributed by atoms with Crippen molar-refractivity contribution in [3.8, 4) is 0 Å². The Balaban J connectivity index is 0.000000293. The summed E-state index contributed by atoms with van der Waals surface area (Å²) in [4.78, 5) is 20.6. The summed E-state index contributed by atoms with van der Waals surface area (Å²) in [5, 5.41) is 3.19. The molecule has 0 aliphatic carbocycles. The summed E-state index contributed by atoms with van der Waals surface area (Å²) >= 11 is 0. The number of ketones is 1. The average Bonchev–Trinajstić information content (AvgIpc) is 2.31. The van der Waals surface area contributed by atoms with Crippen LogP contribution in [-0.2, 0) is 14.3 Å². The molecule has 0 bridgehead atoms. The normalized spacial score (nSPS) is 21.5. The Morgan fingerprint density at radius 2 is 2.00 bits per heavy atom. The molecule has 1 aliphatic rings. The first-order valence-corrected chi connectivity index (χ1v) is 5.71. The molecule has 1 unspecified atom stereocenters. The van der Waals surface area contributed by atoms with Gasteiger partial charge < -0.3 is 10.1 Å². The second-order valence-corrected chi connectivity index (χ2v) is 4.98. The fourth-order valence-electron chi connectivity index (χ4n) is 1.21. The SMILES string of the molecule is CC(C)(C)OC=O.CC1CCNCCC1=O. The average molecular weight is 229 g/mol. The molecule has 0 aromatic heterocycles. The molecule has 4 heteroatoms. The highest BCUT2D eigenvalue weighted by molar-refractivity contribution is 5.81. The molecule has 1 heterocycles. The zero-order valence-electron chi connectivity index (χ0n) is 10.7. The molecule has 1 N–H and O–H groups in total. The van der Waals surface area contributed by atoms with Gasteiger partial charge in [-0.3, -0.25) is 9.59 Å². The van der Waals surface area contributed by atoms with E-state index in [-0.39, 0.29) is 5.60 Å². The zero-order valence-corrected chi connectivity index (χ0v) is 10.7. The topological polar surface area (TPSA) is 55.4 Å². The highest BCUT2D eigenvalue weighted by atomic mass is 16.5. The Morgan fingerprint density at radius 1 is 1.38 bits per heavy atom. The fourth-order valence-corrected chi connectivity index (χ4v) is 1.21. The number of nitrogens with one attached hydrogen (secondary N) is 1. The highest BCUT2D eigenvalue weighted by Gasteiger charge is 2.14. The smallest absolute Gasteiger partial charge is 0.293 e. The zero-order chi connectivity index (χ0) is 12.6. The van der Waals surface area contributed by atoms with Crippen LogP contribution in [0.4, 0.5) is 0 Å². The molecule has 0 spiro atoms. The lowest BCUT2D eigenvalue weighted by atomic mass is 10.0. The lowest BCUT2D eigenvalue weighted by Crippen LogP contribution is -2.17. The van der Waals surface area contributed by atoms with E-state index >= 15 is 0 Å². The van der Waals surface area contributed by atoms with Crippen molar-refractivity contribution >= 4 is 12.3 Å². The summed E-state index contributed by atoms with van der Waals surface area (Å²) in [5.41, 5.74) is -0.318. The van der Waals surface area contributed by atoms with E-state index in [4.69, 9.17) is 0 Å². The van der Waals surface area contributed by atoms with Crippen molar-refractivity contribution in [2.24, 2.45) is 5.92 Å². The minimum atomic E-state index is -0.318. The van der Waals surface area contributed by atoms with E-state index in [0.29, 0.717) is 18.2 Å². The van der Waals surface area contributed by atoms with Crippen LogP contribution < -0.4 is 5.32 Å². The molecule has 0 radical (unpaired) electrons. The molecule has 0 saturated carbocycles. The molecule has 1 saturated heterocycles. The van der Waals surface area contributed by atoms with Gasteiger partial charge >= 0.3 is 0 Å². The maximum Gasteiger partial charge on any atom is 0.293 e. The number of hydrogen-bond donors (Lipinski definition) is 1. The molecule has 94 valence electrons. The Labute approximate surface area is 97.7 Å². The van der Waals surface area contributed by atoms with Crippen molar-refractivity contribution in [1.29, 1.82) is 0 Å². The van der Waals surface area contributed by atoms with Crippen LogP contribution in [-0.4, -0.2) is 30.9 Å². The summed E-state index contributed by atoms with van der Waals surface area (Å²) < 4.78 is 4.55. The molecular weight excluding hydrogens is 206 g/mol. The lowest BCUT2D eigenvalue weighted by molar-refractivity contribution is -0.138. The van der Waals surface area contributed by atoms with Crippen molar-refractivity contribution < 1.29 is 14.3 Å². The van der Waals surface area contributed by atoms with Crippen LogP contribution in [0.5, 0.6) is 0 Å². The summed E-state index contributed by atoms with van der Waals surface area (Å²) in [6.07, 6.45) is 1.74. The van der Waals surface area contributed by atoms with E-state index < -0.39 is 0 Å². The maximum absolute atomic E-state index is 11.0. The van der Waals surface area contributed by atoms with E-state index in [1.54, 1.807) is 0 Å². The number of carbonyl (C=O) groups is 2. The second-order valence-electron chi connectivity index (χ2n) is 4.98. The van der Waals surface area contributed by atoms with Gasteiger partial charge in [0.05, 0.1) is 0 Å². The van der Waals surface area contributed by atoms with Gasteiger partial charge in [-0.1, -0.05) is 6.92 Å². The molecule has 0 amide bonds. The van der Waals surface area contributed by atoms with Crippen LogP contribution in [0.3, 0.4) is 0 Å². The summed E-state index contributed by atoms with van der Waals surface area (Å²) in [6, 6.07) is 0. The van der Waals surface area contributed by atoms with Gasteiger partial charge in [0, 0.05) is 18.9 Å². The third kappa shape index (κ3) is 8.41. The van der Waals surface area contributed by atoms with E-state index in [2.05, 4.69) is 10.1 Å². The van der Waals surface area contributed by atoms with Crippen LogP contribution in [0, 0.1) is 5.92 Å². The maximum atomic E-state index is 11.0. The molecule has 1 atom stereocenters.